The van der Waals surface area contributed by atoms with Gasteiger partial charge in [-0.15, -0.1) is 0 Å². The van der Waals surface area contributed by atoms with Crippen LogP contribution in [0.15, 0.2) is 30.3 Å². The average molecular weight is 318 g/mol. The second-order valence-corrected chi connectivity index (χ2v) is 6.20. The van der Waals surface area contributed by atoms with Crippen LogP contribution in [0.2, 0.25) is 5.02 Å². The maximum atomic E-state index is 12.5. The number of hydrogen-bond acceptors (Lipinski definition) is 2. The Balaban J connectivity index is 1.91. The molecule has 0 spiro atoms. The number of benzene rings is 1. The van der Waals surface area contributed by atoms with Crippen LogP contribution in [0.5, 0.6) is 0 Å². The SMILES string of the molecule is Cc1cc(C(=O)NC2CCNC2)c(C)n1-c1cccc(Cl)c1. The van der Waals surface area contributed by atoms with Crippen molar-refractivity contribution in [1.82, 2.24) is 15.2 Å². The molecule has 116 valence electrons. The van der Waals surface area contributed by atoms with E-state index < -0.39 is 0 Å². The van der Waals surface area contributed by atoms with Gasteiger partial charge in [-0.25, -0.2) is 0 Å². The fourth-order valence-electron chi connectivity index (χ4n) is 3.05. The molecule has 5 heteroatoms. The molecule has 1 aliphatic heterocycles. The molecule has 0 aliphatic carbocycles. The predicted octanol–water partition coefficient (Wildman–Crippen LogP) is 2.84. The van der Waals surface area contributed by atoms with Gasteiger partial charge in [0, 0.05) is 34.7 Å². The van der Waals surface area contributed by atoms with Gasteiger partial charge in [0.05, 0.1) is 5.56 Å². The largest absolute Gasteiger partial charge is 0.348 e. The molecule has 1 saturated heterocycles. The number of carbonyl (C=O) groups is 1. The molecule has 1 amide bonds. The minimum Gasteiger partial charge on any atom is -0.348 e. The zero-order valence-corrected chi connectivity index (χ0v) is 13.6. The van der Waals surface area contributed by atoms with Crippen molar-refractivity contribution in [3.05, 3.63) is 52.3 Å². The fraction of sp³-hybridized carbons (Fsp3) is 0.353. The van der Waals surface area contributed by atoms with Crippen LogP contribution in [0.1, 0.15) is 28.2 Å². The Morgan fingerprint density at radius 1 is 1.36 bits per heavy atom. The van der Waals surface area contributed by atoms with Crippen molar-refractivity contribution in [2.75, 3.05) is 13.1 Å². The van der Waals surface area contributed by atoms with E-state index in [9.17, 15) is 4.79 Å². The molecule has 1 atom stereocenters. The van der Waals surface area contributed by atoms with Crippen molar-refractivity contribution in [2.45, 2.75) is 26.3 Å². The molecule has 0 radical (unpaired) electrons. The number of nitrogens with one attached hydrogen (secondary N) is 2. The summed E-state index contributed by atoms with van der Waals surface area (Å²) >= 11 is 6.08. The molecule has 4 nitrogen and oxygen atoms in total. The van der Waals surface area contributed by atoms with E-state index in [0.29, 0.717) is 5.02 Å². The van der Waals surface area contributed by atoms with Crippen LogP contribution in [0, 0.1) is 13.8 Å². The third-order valence-corrected chi connectivity index (χ3v) is 4.37. The quantitative estimate of drug-likeness (QED) is 0.914. The number of carbonyl (C=O) groups excluding carboxylic acids is 1. The number of halogens is 1. The Morgan fingerprint density at radius 2 is 2.18 bits per heavy atom. The zero-order chi connectivity index (χ0) is 15.7. The number of amides is 1. The van der Waals surface area contributed by atoms with Crippen LogP contribution < -0.4 is 10.6 Å². The summed E-state index contributed by atoms with van der Waals surface area (Å²) < 4.78 is 2.06. The lowest BCUT2D eigenvalue weighted by atomic mass is 10.2. The Morgan fingerprint density at radius 3 is 2.86 bits per heavy atom. The Kier molecular flexibility index (Phi) is 4.23. The summed E-state index contributed by atoms with van der Waals surface area (Å²) in [6.07, 6.45) is 0.985. The Labute approximate surface area is 135 Å². The topological polar surface area (TPSA) is 46.1 Å². The molecule has 2 heterocycles. The highest BCUT2D eigenvalue weighted by molar-refractivity contribution is 6.30. The summed E-state index contributed by atoms with van der Waals surface area (Å²) in [5, 5.41) is 7.04. The van der Waals surface area contributed by atoms with Crippen LogP contribution in [-0.2, 0) is 0 Å². The maximum absolute atomic E-state index is 12.5. The van der Waals surface area contributed by atoms with Gasteiger partial charge in [0.25, 0.3) is 5.91 Å². The van der Waals surface area contributed by atoms with Crippen LogP contribution in [0.25, 0.3) is 5.69 Å². The van der Waals surface area contributed by atoms with E-state index in [4.69, 9.17) is 11.6 Å². The van der Waals surface area contributed by atoms with E-state index in [1.807, 2.05) is 44.2 Å². The summed E-state index contributed by atoms with van der Waals surface area (Å²) in [5.74, 6) is -0.00456. The van der Waals surface area contributed by atoms with E-state index in [0.717, 1.165) is 42.1 Å². The lowest BCUT2D eigenvalue weighted by Crippen LogP contribution is -2.36. The highest BCUT2D eigenvalue weighted by atomic mass is 35.5. The van der Waals surface area contributed by atoms with E-state index in [1.54, 1.807) is 0 Å². The van der Waals surface area contributed by atoms with Gasteiger partial charge >= 0.3 is 0 Å². The normalized spacial score (nSPS) is 17.7. The third-order valence-electron chi connectivity index (χ3n) is 4.14. The molecule has 0 saturated carbocycles. The summed E-state index contributed by atoms with van der Waals surface area (Å²) in [7, 11) is 0. The number of rotatable bonds is 3. The number of aromatic nitrogens is 1. The highest BCUT2D eigenvalue weighted by Gasteiger charge is 2.21. The molecule has 1 aliphatic rings. The standard InChI is InChI=1S/C17H20ClN3O/c1-11-8-16(17(22)20-14-6-7-19-10-14)12(2)21(11)15-5-3-4-13(18)9-15/h3-5,8-9,14,19H,6-7,10H2,1-2H3,(H,20,22). The first-order valence-corrected chi connectivity index (χ1v) is 7.90. The Hall–Kier alpha value is -1.78. The molecule has 22 heavy (non-hydrogen) atoms. The van der Waals surface area contributed by atoms with Gasteiger partial charge < -0.3 is 15.2 Å². The van der Waals surface area contributed by atoms with Crippen LogP contribution in [-0.4, -0.2) is 29.6 Å². The lowest BCUT2D eigenvalue weighted by molar-refractivity contribution is 0.0939. The van der Waals surface area contributed by atoms with Gasteiger partial charge in [0.15, 0.2) is 0 Å². The molecule has 1 unspecified atom stereocenters. The smallest absolute Gasteiger partial charge is 0.253 e. The minimum absolute atomic E-state index is 0.00456. The summed E-state index contributed by atoms with van der Waals surface area (Å²) in [6, 6.07) is 9.83. The van der Waals surface area contributed by atoms with Gasteiger partial charge in [-0.05, 0) is 51.1 Å². The minimum atomic E-state index is -0.00456. The van der Waals surface area contributed by atoms with Crippen molar-refractivity contribution in [3.63, 3.8) is 0 Å². The summed E-state index contributed by atoms with van der Waals surface area (Å²) in [4.78, 5) is 12.5. The number of aryl methyl sites for hydroxylation is 1. The van der Waals surface area contributed by atoms with Crippen LogP contribution >= 0.6 is 11.6 Å². The van der Waals surface area contributed by atoms with E-state index in [1.165, 1.54) is 0 Å². The second-order valence-electron chi connectivity index (χ2n) is 5.76. The molecule has 1 fully saturated rings. The van der Waals surface area contributed by atoms with E-state index in [2.05, 4.69) is 15.2 Å². The lowest BCUT2D eigenvalue weighted by Gasteiger charge is -2.12. The third kappa shape index (κ3) is 2.89. The van der Waals surface area contributed by atoms with Crippen molar-refractivity contribution in [2.24, 2.45) is 0 Å². The van der Waals surface area contributed by atoms with Crippen molar-refractivity contribution in [3.8, 4) is 5.69 Å². The highest BCUT2D eigenvalue weighted by Crippen LogP contribution is 2.23. The molecule has 0 bridgehead atoms. The molecule has 3 rings (SSSR count). The molecule has 1 aromatic heterocycles. The average Bonchev–Trinajstić information content (AvgIpc) is 3.07. The van der Waals surface area contributed by atoms with Crippen molar-refractivity contribution < 1.29 is 4.79 Å². The molecule has 1 aromatic carbocycles. The Bertz CT molecular complexity index is 702. The first kappa shape index (κ1) is 15.1. The van der Waals surface area contributed by atoms with E-state index >= 15 is 0 Å². The second kappa shape index (κ2) is 6.15. The van der Waals surface area contributed by atoms with Gasteiger partial charge in [-0.2, -0.15) is 0 Å². The number of nitrogens with zero attached hydrogens (tertiary/aromatic N) is 1. The molecule has 2 N–H and O–H groups in total. The van der Waals surface area contributed by atoms with Gasteiger partial charge in [-0.3, -0.25) is 4.79 Å². The monoisotopic (exact) mass is 317 g/mol. The first-order valence-electron chi connectivity index (χ1n) is 7.52. The van der Waals surface area contributed by atoms with Crippen LogP contribution in [0.3, 0.4) is 0 Å². The van der Waals surface area contributed by atoms with Gasteiger partial charge in [0.1, 0.15) is 0 Å². The van der Waals surface area contributed by atoms with Gasteiger partial charge in [-0.1, -0.05) is 17.7 Å². The molecular weight excluding hydrogens is 298 g/mol. The van der Waals surface area contributed by atoms with Crippen molar-refractivity contribution >= 4 is 17.5 Å². The first-order chi connectivity index (χ1) is 10.6. The van der Waals surface area contributed by atoms with Crippen molar-refractivity contribution in [1.29, 1.82) is 0 Å². The van der Waals surface area contributed by atoms with Crippen LogP contribution in [0.4, 0.5) is 0 Å². The van der Waals surface area contributed by atoms with E-state index in [-0.39, 0.29) is 11.9 Å². The molecular formula is C17H20ClN3O. The summed E-state index contributed by atoms with van der Waals surface area (Å²) in [6.45, 7) is 5.78. The summed E-state index contributed by atoms with van der Waals surface area (Å²) in [5.41, 5.74) is 3.66. The van der Waals surface area contributed by atoms with Gasteiger partial charge in [0.2, 0.25) is 0 Å². The fourth-order valence-corrected chi connectivity index (χ4v) is 3.23. The maximum Gasteiger partial charge on any atom is 0.253 e. The predicted molar refractivity (Wildman–Crippen MR) is 89.0 cm³/mol. The molecule has 2 aromatic rings. The zero-order valence-electron chi connectivity index (χ0n) is 12.8. The number of hydrogen-bond donors (Lipinski definition) is 2.